The molecular weight excluding hydrogens is 266 g/mol. The first-order valence-corrected chi connectivity index (χ1v) is 6.30. The van der Waals surface area contributed by atoms with Crippen molar-refractivity contribution >= 4 is 17.2 Å². The Morgan fingerprint density at radius 1 is 1.53 bits per heavy atom. The third-order valence-electron chi connectivity index (χ3n) is 2.23. The van der Waals surface area contributed by atoms with Crippen LogP contribution in [-0.4, -0.2) is 27.6 Å². The van der Waals surface area contributed by atoms with Crippen molar-refractivity contribution in [1.82, 2.24) is 15.3 Å². The van der Waals surface area contributed by atoms with E-state index in [4.69, 9.17) is 5.11 Å². The molecule has 0 radical (unpaired) electrons. The van der Waals surface area contributed by atoms with Gasteiger partial charge in [-0.05, 0) is 6.07 Å². The standard InChI is InChI=1S/C12H11N3O3S/c16-3-1-2-8-4-9(19-7-8)5-13-11(17)10-6-14-12(18)15-10/h4,6-7,16H,3,5H2,(H,13,17)(H2,14,15,18). The second-order valence-electron chi connectivity index (χ2n) is 3.60. The van der Waals surface area contributed by atoms with Crippen molar-refractivity contribution in [2.24, 2.45) is 0 Å². The van der Waals surface area contributed by atoms with Gasteiger partial charge in [0.2, 0.25) is 0 Å². The zero-order valence-corrected chi connectivity index (χ0v) is 10.6. The molecule has 0 fully saturated rings. The Kier molecular flexibility index (Phi) is 4.18. The maximum atomic E-state index is 11.7. The van der Waals surface area contributed by atoms with E-state index < -0.39 is 5.69 Å². The Balaban J connectivity index is 1.93. The van der Waals surface area contributed by atoms with Crippen molar-refractivity contribution in [2.45, 2.75) is 6.54 Å². The summed E-state index contributed by atoms with van der Waals surface area (Å²) in [5, 5.41) is 13.1. The Morgan fingerprint density at radius 3 is 3.05 bits per heavy atom. The Morgan fingerprint density at radius 2 is 2.37 bits per heavy atom. The number of aliphatic hydroxyl groups excluding tert-OH is 1. The van der Waals surface area contributed by atoms with E-state index in [-0.39, 0.29) is 18.2 Å². The number of nitrogens with one attached hydrogen (secondary N) is 3. The fourth-order valence-electron chi connectivity index (χ4n) is 1.40. The SMILES string of the molecule is O=C(NCc1cc(C#CCO)cs1)c1c[nH]c(=O)[nH]1. The molecule has 2 heterocycles. The molecular formula is C12H11N3O3S. The number of aliphatic hydroxyl groups is 1. The van der Waals surface area contributed by atoms with Gasteiger partial charge in [0, 0.05) is 22.0 Å². The van der Waals surface area contributed by atoms with Crippen LogP contribution in [0.3, 0.4) is 0 Å². The van der Waals surface area contributed by atoms with Crippen molar-refractivity contribution in [3.8, 4) is 11.8 Å². The van der Waals surface area contributed by atoms with Gasteiger partial charge in [0.05, 0.1) is 6.54 Å². The van der Waals surface area contributed by atoms with Crippen LogP contribution in [0.5, 0.6) is 0 Å². The molecule has 0 aromatic carbocycles. The summed E-state index contributed by atoms with van der Waals surface area (Å²) in [5.41, 5.74) is 0.586. The summed E-state index contributed by atoms with van der Waals surface area (Å²) in [7, 11) is 0. The highest BCUT2D eigenvalue weighted by Gasteiger charge is 2.07. The number of imidazole rings is 1. The highest BCUT2D eigenvalue weighted by molar-refractivity contribution is 7.10. The zero-order valence-electron chi connectivity index (χ0n) is 9.82. The maximum absolute atomic E-state index is 11.7. The number of H-pyrrole nitrogens is 2. The Labute approximate surface area is 112 Å². The Hall–Kier alpha value is -2.30. The van der Waals surface area contributed by atoms with Crippen LogP contribution in [0.15, 0.2) is 22.4 Å². The molecule has 0 aliphatic rings. The first-order chi connectivity index (χ1) is 9.19. The normalized spacial score (nSPS) is 9.74. The molecule has 6 nitrogen and oxygen atoms in total. The summed E-state index contributed by atoms with van der Waals surface area (Å²) < 4.78 is 0. The Bertz CT molecular complexity index is 687. The van der Waals surface area contributed by atoms with Crippen LogP contribution >= 0.6 is 11.3 Å². The lowest BCUT2D eigenvalue weighted by Crippen LogP contribution is -2.23. The lowest BCUT2D eigenvalue weighted by molar-refractivity contribution is 0.0946. The van der Waals surface area contributed by atoms with Crippen LogP contribution < -0.4 is 11.0 Å². The van der Waals surface area contributed by atoms with Crippen LogP contribution in [0.25, 0.3) is 0 Å². The second-order valence-corrected chi connectivity index (χ2v) is 4.60. The molecule has 2 rings (SSSR count). The third kappa shape index (κ3) is 3.58. The second kappa shape index (κ2) is 6.04. The van der Waals surface area contributed by atoms with Crippen molar-refractivity contribution < 1.29 is 9.90 Å². The van der Waals surface area contributed by atoms with Crippen molar-refractivity contribution in [3.63, 3.8) is 0 Å². The molecule has 2 aromatic rings. The van der Waals surface area contributed by atoms with Gasteiger partial charge in [-0.25, -0.2) is 4.79 Å². The molecule has 0 atom stereocenters. The lowest BCUT2D eigenvalue weighted by atomic mass is 10.3. The molecule has 0 aliphatic heterocycles. The summed E-state index contributed by atoms with van der Waals surface area (Å²) >= 11 is 1.46. The topological polar surface area (TPSA) is 98.0 Å². The largest absolute Gasteiger partial charge is 0.384 e. The maximum Gasteiger partial charge on any atom is 0.323 e. The quantitative estimate of drug-likeness (QED) is 0.596. The minimum absolute atomic E-state index is 0.178. The third-order valence-corrected chi connectivity index (χ3v) is 3.17. The van der Waals surface area contributed by atoms with E-state index in [9.17, 15) is 9.59 Å². The van der Waals surface area contributed by atoms with E-state index in [1.165, 1.54) is 17.5 Å². The summed E-state index contributed by atoms with van der Waals surface area (Å²) in [5.74, 6) is 4.98. The molecule has 1 amide bonds. The van der Waals surface area contributed by atoms with E-state index in [1.807, 2.05) is 11.4 Å². The molecule has 4 N–H and O–H groups in total. The zero-order chi connectivity index (χ0) is 13.7. The molecule has 0 bridgehead atoms. The van der Waals surface area contributed by atoms with Crippen molar-refractivity contribution in [3.05, 3.63) is 44.3 Å². The van der Waals surface area contributed by atoms with Gasteiger partial charge in [0.1, 0.15) is 12.3 Å². The molecule has 0 spiro atoms. The van der Waals surface area contributed by atoms with Crippen LogP contribution in [0.4, 0.5) is 0 Å². The monoisotopic (exact) mass is 277 g/mol. The lowest BCUT2D eigenvalue weighted by Gasteiger charge is -2.00. The van der Waals surface area contributed by atoms with Gasteiger partial charge in [-0.15, -0.1) is 11.3 Å². The number of hydrogen-bond donors (Lipinski definition) is 4. The van der Waals surface area contributed by atoms with E-state index in [1.54, 1.807) is 0 Å². The molecule has 98 valence electrons. The number of carbonyl (C=O) groups is 1. The molecule has 2 aromatic heterocycles. The van der Waals surface area contributed by atoms with E-state index in [0.29, 0.717) is 6.54 Å². The van der Waals surface area contributed by atoms with Crippen LogP contribution in [0.2, 0.25) is 0 Å². The smallest absolute Gasteiger partial charge is 0.323 e. The average molecular weight is 277 g/mol. The predicted octanol–water partition coefficient (Wildman–Crippen LogP) is 0.0383. The highest BCUT2D eigenvalue weighted by atomic mass is 32.1. The van der Waals surface area contributed by atoms with Crippen LogP contribution in [0.1, 0.15) is 20.9 Å². The predicted molar refractivity (Wildman–Crippen MR) is 70.9 cm³/mol. The number of amides is 1. The molecule has 0 saturated heterocycles. The average Bonchev–Trinajstić information content (AvgIpc) is 3.02. The highest BCUT2D eigenvalue weighted by Crippen LogP contribution is 2.13. The molecule has 19 heavy (non-hydrogen) atoms. The van der Waals surface area contributed by atoms with E-state index in [0.717, 1.165) is 10.4 Å². The molecule has 7 heteroatoms. The first kappa shape index (κ1) is 13.1. The fraction of sp³-hybridized carbons (Fsp3) is 0.167. The minimum atomic E-state index is -0.414. The van der Waals surface area contributed by atoms with Gasteiger partial charge < -0.3 is 20.4 Å². The summed E-state index contributed by atoms with van der Waals surface area (Å²) in [6, 6.07) is 1.84. The van der Waals surface area contributed by atoms with E-state index >= 15 is 0 Å². The number of aromatic amines is 2. The summed E-state index contributed by atoms with van der Waals surface area (Å²) in [6.45, 7) is 0.181. The molecule has 0 aliphatic carbocycles. The van der Waals surface area contributed by atoms with Gasteiger partial charge in [-0.1, -0.05) is 11.8 Å². The molecule has 0 unspecified atom stereocenters. The summed E-state index contributed by atoms with van der Waals surface area (Å²) in [6.07, 6.45) is 1.32. The van der Waals surface area contributed by atoms with Crippen LogP contribution in [0, 0.1) is 11.8 Å². The van der Waals surface area contributed by atoms with Gasteiger partial charge >= 0.3 is 5.69 Å². The number of rotatable bonds is 3. The fourth-order valence-corrected chi connectivity index (χ4v) is 2.15. The van der Waals surface area contributed by atoms with Gasteiger partial charge in [0.25, 0.3) is 5.91 Å². The minimum Gasteiger partial charge on any atom is -0.384 e. The van der Waals surface area contributed by atoms with Gasteiger partial charge in [-0.2, -0.15) is 0 Å². The molecule has 0 saturated carbocycles. The number of hydrogen-bond acceptors (Lipinski definition) is 4. The number of aromatic nitrogens is 2. The van der Waals surface area contributed by atoms with E-state index in [2.05, 4.69) is 27.1 Å². The van der Waals surface area contributed by atoms with Crippen LogP contribution in [-0.2, 0) is 6.54 Å². The first-order valence-electron chi connectivity index (χ1n) is 5.42. The van der Waals surface area contributed by atoms with Gasteiger partial charge in [-0.3, -0.25) is 4.79 Å². The van der Waals surface area contributed by atoms with Crippen molar-refractivity contribution in [2.75, 3.05) is 6.61 Å². The van der Waals surface area contributed by atoms with Gasteiger partial charge in [0.15, 0.2) is 0 Å². The van der Waals surface area contributed by atoms with Crippen molar-refractivity contribution in [1.29, 1.82) is 0 Å². The number of thiophene rings is 1. The summed E-state index contributed by atoms with van der Waals surface area (Å²) in [4.78, 5) is 28.2. The number of carbonyl (C=O) groups excluding carboxylic acids is 1.